The largest absolute Gasteiger partial charge is 0.444 e. The van der Waals surface area contributed by atoms with Crippen LogP contribution in [0.1, 0.15) is 32.4 Å². The van der Waals surface area contributed by atoms with E-state index in [1.165, 1.54) is 0 Å². The van der Waals surface area contributed by atoms with Crippen LogP contribution >= 0.6 is 0 Å². The molecule has 0 fully saturated rings. The SMILES string of the molecule is C=CCN(C)C[C@@H](NC(=O)OC(C)(C)C)c1ccccc1. The van der Waals surface area contributed by atoms with Gasteiger partial charge in [0.2, 0.25) is 0 Å². The molecule has 1 aromatic carbocycles. The van der Waals surface area contributed by atoms with E-state index in [2.05, 4.69) is 16.8 Å². The van der Waals surface area contributed by atoms with Crippen molar-refractivity contribution in [1.82, 2.24) is 10.2 Å². The van der Waals surface area contributed by atoms with Crippen LogP contribution in [0.5, 0.6) is 0 Å². The molecule has 116 valence electrons. The van der Waals surface area contributed by atoms with Gasteiger partial charge in [-0.05, 0) is 33.4 Å². The highest BCUT2D eigenvalue weighted by Crippen LogP contribution is 2.15. The Morgan fingerprint density at radius 2 is 2.00 bits per heavy atom. The molecule has 0 heterocycles. The van der Waals surface area contributed by atoms with E-state index in [0.717, 1.165) is 12.1 Å². The molecule has 0 radical (unpaired) electrons. The molecule has 0 saturated heterocycles. The maximum Gasteiger partial charge on any atom is 0.408 e. The van der Waals surface area contributed by atoms with Crippen molar-refractivity contribution < 1.29 is 9.53 Å². The number of hydrogen-bond donors (Lipinski definition) is 1. The minimum atomic E-state index is -0.502. The van der Waals surface area contributed by atoms with Crippen LogP contribution in [0.25, 0.3) is 0 Å². The highest BCUT2D eigenvalue weighted by molar-refractivity contribution is 5.68. The first-order valence-corrected chi connectivity index (χ1v) is 7.15. The summed E-state index contributed by atoms with van der Waals surface area (Å²) in [5.74, 6) is 0. The van der Waals surface area contributed by atoms with Crippen molar-refractivity contribution in [3.8, 4) is 0 Å². The molecule has 0 bridgehead atoms. The summed E-state index contributed by atoms with van der Waals surface area (Å²) in [5.41, 5.74) is 0.553. The van der Waals surface area contributed by atoms with Crippen molar-refractivity contribution in [1.29, 1.82) is 0 Å². The summed E-state index contributed by atoms with van der Waals surface area (Å²) in [6, 6.07) is 9.78. The van der Waals surface area contributed by atoms with E-state index in [9.17, 15) is 4.79 Å². The Hall–Kier alpha value is -1.81. The quantitative estimate of drug-likeness (QED) is 0.817. The molecule has 0 aromatic heterocycles. The number of carbonyl (C=O) groups is 1. The molecule has 0 spiro atoms. The molecule has 4 nitrogen and oxygen atoms in total. The Labute approximate surface area is 127 Å². The fraction of sp³-hybridized carbons (Fsp3) is 0.471. The van der Waals surface area contributed by atoms with E-state index in [0.29, 0.717) is 6.54 Å². The number of ether oxygens (including phenoxy) is 1. The first-order valence-electron chi connectivity index (χ1n) is 7.15. The van der Waals surface area contributed by atoms with Gasteiger partial charge in [0.25, 0.3) is 0 Å². The van der Waals surface area contributed by atoms with Gasteiger partial charge in [0, 0.05) is 13.1 Å². The average molecular weight is 290 g/mol. The van der Waals surface area contributed by atoms with Crippen molar-refractivity contribution in [3.63, 3.8) is 0 Å². The molecule has 1 atom stereocenters. The van der Waals surface area contributed by atoms with Crippen LogP contribution in [0.4, 0.5) is 4.79 Å². The molecular weight excluding hydrogens is 264 g/mol. The van der Waals surface area contributed by atoms with Gasteiger partial charge in [-0.2, -0.15) is 0 Å². The first-order chi connectivity index (χ1) is 9.81. The van der Waals surface area contributed by atoms with Gasteiger partial charge in [0.05, 0.1) is 6.04 Å². The Bertz CT molecular complexity index is 452. The Morgan fingerprint density at radius 1 is 1.38 bits per heavy atom. The van der Waals surface area contributed by atoms with E-state index in [1.807, 2.05) is 64.2 Å². The van der Waals surface area contributed by atoms with Crippen LogP contribution in [0.3, 0.4) is 0 Å². The number of carbonyl (C=O) groups excluding carboxylic acids is 1. The summed E-state index contributed by atoms with van der Waals surface area (Å²) in [7, 11) is 1.99. The summed E-state index contributed by atoms with van der Waals surface area (Å²) < 4.78 is 5.34. The minimum absolute atomic E-state index is 0.119. The molecule has 0 aliphatic carbocycles. The number of amides is 1. The molecule has 4 heteroatoms. The molecule has 1 amide bonds. The van der Waals surface area contributed by atoms with Crippen molar-refractivity contribution in [3.05, 3.63) is 48.6 Å². The summed E-state index contributed by atoms with van der Waals surface area (Å²) in [6.45, 7) is 10.8. The van der Waals surface area contributed by atoms with Crippen LogP contribution in [0.15, 0.2) is 43.0 Å². The van der Waals surface area contributed by atoms with E-state index in [-0.39, 0.29) is 6.04 Å². The zero-order chi connectivity index (χ0) is 15.9. The van der Waals surface area contributed by atoms with E-state index >= 15 is 0 Å². The second-order valence-electron chi connectivity index (χ2n) is 6.12. The van der Waals surface area contributed by atoms with E-state index in [1.54, 1.807) is 0 Å². The van der Waals surface area contributed by atoms with Gasteiger partial charge in [-0.3, -0.25) is 0 Å². The van der Waals surface area contributed by atoms with Gasteiger partial charge in [-0.1, -0.05) is 36.4 Å². The predicted molar refractivity (Wildman–Crippen MR) is 86.2 cm³/mol. The predicted octanol–water partition coefficient (Wildman–Crippen LogP) is 3.37. The van der Waals surface area contributed by atoms with Crippen LogP contribution in [-0.2, 0) is 4.74 Å². The standard InChI is InChI=1S/C17H26N2O2/c1-6-12-19(5)13-15(14-10-8-7-9-11-14)18-16(20)21-17(2,3)4/h6-11,15H,1,12-13H2,2-5H3,(H,18,20)/t15-/m1/s1. The smallest absolute Gasteiger partial charge is 0.408 e. The molecule has 1 N–H and O–H groups in total. The van der Waals surface area contributed by atoms with Crippen LogP contribution in [-0.4, -0.2) is 36.7 Å². The zero-order valence-corrected chi connectivity index (χ0v) is 13.4. The summed E-state index contributed by atoms with van der Waals surface area (Å²) in [4.78, 5) is 14.1. The number of likely N-dealkylation sites (N-methyl/N-ethyl adjacent to an activating group) is 1. The number of alkyl carbamates (subject to hydrolysis) is 1. The van der Waals surface area contributed by atoms with Crippen molar-refractivity contribution >= 4 is 6.09 Å². The Morgan fingerprint density at radius 3 is 2.52 bits per heavy atom. The number of rotatable bonds is 6. The highest BCUT2D eigenvalue weighted by Gasteiger charge is 2.21. The Kier molecular flexibility index (Phi) is 6.43. The third-order valence-electron chi connectivity index (χ3n) is 2.83. The average Bonchev–Trinajstić information content (AvgIpc) is 2.37. The molecular formula is C17H26N2O2. The molecule has 0 unspecified atom stereocenters. The van der Waals surface area contributed by atoms with Gasteiger partial charge < -0.3 is 15.0 Å². The maximum atomic E-state index is 12.0. The fourth-order valence-electron chi connectivity index (χ4n) is 1.98. The van der Waals surface area contributed by atoms with Crippen molar-refractivity contribution in [2.24, 2.45) is 0 Å². The highest BCUT2D eigenvalue weighted by atomic mass is 16.6. The second-order valence-corrected chi connectivity index (χ2v) is 6.12. The molecule has 21 heavy (non-hydrogen) atoms. The number of benzene rings is 1. The maximum absolute atomic E-state index is 12.0. The zero-order valence-electron chi connectivity index (χ0n) is 13.4. The lowest BCUT2D eigenvalue weighted by atomic mass is 10.1. The number of nitrogens with one attached hydrogen (secondary N) is 1. The van der Waals surface area contributed by atoms with Gasteiger partial charge in [0.1, 0.15) is 5.60 Å². The number of nitrogens with zero attached hydrogens (tertiary/aromatic N) is 1. The summed E-state index contributed by atoms with van der Waals surface area (Å²) in [5, 5.41) is 2.94. The van der Waals surface area contributed by atoms with E-state index < -0.39 is 11.7 Å². The molecule has 0 aliphatic heterocycles. The lowest BCUT2D eigenvalue weighted by molar-refractivity contribution is 0.0495. The second kappa shape index (κ2) is 7.84. The minimum Gasteiger partial charge on any atom is -0.444 e. The van der Waals surface area contributed by atoms with Gasteiger partial charge in [0.15, 0.2) is 0 Å². The molecule has 1 rings (SSSR count). The van der Waals surface area contributed by atoms with Gasteiger partial charge >= 0.3 is 6.09 Å². The summed E-state index contributed by atoms with van der Waals surface area (Å²) in [6.07, 6.45) is 1.44. The van der Waals surface area contributed by atoms with Gasteiger partial charge in [-0.15, -0.1) is 6.58 Å². The van der Waals surface area contributed by atoms with Crippen LogP contribution < -0.4 is 5.32 Å². The van der Waals surface area contributed by atoms with Crippen molar-refractivity contribution in [2.45, 2.75) is 32.4 Å². The van der Waals surface area contributed by atoms with Crippen molar-refractivity contribution in [2.75, 3.05) is 20.1 Å². The van der Waals surface area contributed by atoms with Gasteiger partial charge in [-0.25, -0.2) is 4.79 Å². The molecule has 1 aromatic rings. The number of hydrogen-bond acceptors (Lipinski definition) is 3. The fourth-order valence-corrected chi connectivity index (χ4v) is 1.98. The first kappa shape index (κ1) is 17.2. The third-order valence-corrected chi connectivity index (χ3v) is 2.83. The molecule has 0 aliphatic rings. The monoisotopic (exact) mass is 290 g/mol. The topological polar surface area (TPSA) is 41.6 Å². The van der Waals surface area contributed by atoms with E-state index in [4.69, 9.17) is 4.74 Å². The summed E-state index contributed by atoms with van der Waals surface area (Å²) >= 11 is 0. The Balaban J connectivity index is 2.77. The third kappa shape index (κ3) is 6.95. The lowest BCUT2D eigenvalue weighted by Gasteiger charge is -2.26. The molecule has 0 saturated carbocycles. The lowest BCUT2D eigenvalue weighted by Crippen LogP contribution is -2.39. The van der Waals surface area contributed by atoms with Crippen LogP contribution in [0.2, 0.25) is 0 Å². The normalized spacial score (nSPS) is 12.8. The van der Waals surface area contributed by atoms with Crippen LogP contribution in [0, 0.1) is 0 Å².